The van der Waals surface area contributed by atoms with Crippen molar-refractivity contribution < 1.29 is 9.53 Å². The summed E-state index contributed by atoms with van der Waals surface area (Å²) in [7, 11) is 0. The fourth-order valence-corrected chi connectivity index (χ4v) is 5.96. The van der Waals surface area contributed by atoms with Gasteiger partial charge in [0.2, 0.25) is 5.91 Å². The Labute approximate surface area is 205 Å². The fourth-order valence-electron chi connectivity index (χ4n) is 4.99. The highest BCUT2D eigenvalue weighted by molar-refractivity contribution is 7.18. The zero-order valence-electron chi connectivity index (χ0n) is 19.8. The highest BCUT2D eigenvalue weighted by Crippen LogP contribution is 2.41. The number of nitrogens with two attached hydrogens (primary N) is 1. The summed E-state index contributed by atoms with van der Waals surface area (Å²) in [6.07, 6.45) is 6.32. The predicted molar refractivity (Wildman–Crippen MR) is 138 cm³/mol. The number of rotatable bonds is 7. The van der Waals surface area contributed by atoms with Crippen LogP contribution >= 0.6 is 11.3 Å². The lowest BCUT2D eigenvalue weighted by molar-refractivity contribution is -0.122. The summed E-state index contributed by atoms with van der Waals surface area (Å²) >= 11 is 1.67. The Hall–Kier alpha value is -2.90. The highest BCUT2D eigenvalue weighted by atomic mass is 32.1. The second kappa shape index (κ2) is 9.76. The third-order valence-corrected chi connectivity index (χ3v) is 7.64. The summed E-state index contributed by atoms with van der Waals surface area (Å²) in [5, 5.41) is 4.21. The molecule has 1 aliphatic heterocycles. The third-order valence-electron chi connectivity index (χ3n) is 6.56. The minimum atomic E-state index is 0.0774. The first kappa shape index (κ1) is 22.9. The molecule has 7 heteroatoms. The first-order chi connectivity index (χ1) is 16.5. The van der Waals surface area contributed by atoms with Crippen LogP contribution in [0.2, 0.25) is 0 Å². The molecule has 6 nitrogen and oxygen atoms in total. The van der Waals surface area contributed by atoms with Crippen molar-refractivity contribution in [1.82, 2.24) is 15.2 Å². The fraction of sp³-hybridized carbons (Fsp3) is 0.407. The Morgan fingerprint density at radius 3 is 2.85 bits per heavy atom. The molecule has 5 rings (SSSR count). The van der Waals surface area contributed by atoms with Crippen LogP contribution in [0.3, 0.4) is 0 Å². The summed E-state index contributed by atoms with van der Waals surface area (Å²) in [5.41, 5.74) is 11.6. The molecule has 178 valence electrons. The normalized spacial score (nSPS) is 17.8. The molecule has 0 unspecified atom stereocenters. The number of aromatic nitrogens is 1. The predicted octanol–water partition coefficient (Wildman–Crippen LogP) is 5.05. The topological polar surface area (TPSA) is 80.5 Å². The van der Waals surface area contributed by atoms with Crippen molar-refractivity contribution in [1.29, 1.82) is 0 Å². The van der Waals surface area contributed by atoms with Gasteiger partial charge in [-0.05, 0) is 87.5 Å². The molecule has 1 amide bonds. The van der Waals surface area contributed by atoms with E-state index in [1.54, 1.807) is 11.3 Å². The molecule has 1 saturated heterocycles. The molecule has 34 heavy (non-hydrogen) atoms. The standard InChI is InChI=1S/C27H32N4O2S/c1-17(2)33-24-11-8-18(14-22(24)28)27-29-15-25(34-27)21-7-5-6-20-19(21)9-10-23(20)30-26(32)16-31-12-3-4-13-31/h5-8,11,14-15,17,23H,3-4,9-10,12-13,16,28H2,1-2H3,(H,30,32)/t23-/m0/s1. The summed E-state index contributed by atoms with van der Waals surface area (Å²) in [5.74, 6) is 0.835. The Balaban J connectivity index is 1.33. The van der Waals surface area contributed by atoms with Gasteiger partial charge in [0.05, 0.1) is 29.3 Å². The van der Waals surface area contributed by atoms with Crippen LogP contribution in [-0.2, 0) is 11.2 Å². The zero-order chi connectivity index (χ0) is 23.7. The van der Waals surface area contributed by atoms with Crippen molar-refractivity contribution >= 4 is 22.9 Å². The van der Waals surface area contributed by atoms with E-state index in [1.807, 2.05) is 38.2 Å². The number of carbonyl (C=O) groups is 1. The molecule has 1 aliphatic carbocycles. The molecule has 2 aromatic carbocycles. The summed E-state index contributed by atoms with van der Waals surface area (Å²) in [6, 6.07) is 12.4. The molecule has 2 aliphatic rings. The minimum absolute atomic E-state index is 0.0774. The molecule has 3 N–H and O–H groups in total. The first-order valence-electron chi connectivity index (χ1n) is 12.1. The van der Waals surface area contributed by atoms with Crippen LogP contribution in [0.1, 0.15) is 50.3 Å². The van der Waals surface area contributed by atoms with Gasteiger partial charge in [-0.2, -0.15) is 0 Å². The number of likely N-dealkylation sites (tertiary alicyclic amines) is 1. The number of nitrogen functional groups attached to an aromatic ring is 1. The Kier molecular flexibility index (Phi) is 6.57. The molecule has 1 atom stereocenters. The van der Waals surface area contributed by atoms with Crippen LogP contribution < -0.4 is 15.8 Å². The maximum absolute atomic E-state index is 12.6. The van der Waals surface area contributed by atoms with Crippen LogP contribution in [0.4, 0.5) is 5.69 Å². The quantitative estimate of drug-likeness (QED) is 0.467. The van der Waals surface area contributed by atoms with Gasteiger partial charge in [0.1, 0.15) is 10.8 Å². The van der Waals surface area contributed by atoms with Crippen molar-refractivity contribution in [3.8, 4) is 26.8 Å². The minimum Gasteiger partial charge on any atom is -0.489 e. The Morgan fingerprint density at radius 2 is 2.09 bits per heavy atom. The molecule has 2 heterocycles. The van der Waals surface area contributed by atoms with Crippen LogP contribution in [0.5, 0.6) is 5.75 Å². The monoisotopic (exact) mass is 476 g/mol. The van der Waals surface area contributed by atoms with Gasteiger partial charge in [-0.15, -0.1) is 11.3 Å². The van der Waals surface area contributed by atoms with E-state index in [0.717, 1.165) is 41.4 Å². The molecule has 1 fully saturated rings. The SMILES string of the molecule is CC(C)Oc1ccc(-c2ncc(-c3cccc4c3CC[C@@H]4NC(=O)CN3CCCC3)s2)cc1N. The van der Waals surface area contributed by atoms with Gasteiger partial charge in [-0.25, -0.2) is 4.98 Å². The van der Waals surface area contributed by atoms with E-state index in [4.69, 9.17) is 15.5 Å². The molecular weight excluding hydrogens is 444 g/mol. The van der Waals surface area contributed by atoms with E-state index >= 15 is 0 Å². The number of amides is 1. The van der Waals surface area contributed by atoms with Crippen LogP contribution in [0, 0.1) is 0 Å². The number of fused-ring (bicyclic) bond motifs is 1. The number of hydrogen-bond acceptors (Lipinski definition) is 6. The largest absolute Gasteiger partial charge is 0.489 e. The lowest BCUT2D eigenvalue weighted by Crippen LogP contribution is -2.37. The molecule has 0 saturated carbocycles. The molecule has 0 bridgehead atoms. The van der Waals surface area contributed by atoms with Gasteiger partial charge in [-0.3, -0.25) is 9.69 Å². The van der Waals surface area contributed by atoms with Gasteiger partial charge in [-0.1, -0.05) is 18.2 Å². The van der Waals surface area contributed by atoms with Gasteiger partial charge >= 0.3 is 0 Å². The van der Waals surface area contributed by atoms with E-state index < -0.39 is 0 Å². The van der Waals surface area contributed by atoms with Crippen molar-refractivity contribution in [3.05, 3.63) is 53.7 Å². The average Bonchev–Trinajstić information content (AvgIpc) is 3.56. The number of hydrogen-bond donors (Lipinski definition) is 2. The summed E-state index contributed by atoms with van der Waals surface area (Å²) in [4.78, 5) is 20.7. The van der Waals surface area contributed by atoms with E-state index in [9.17, 15) is 4.79 Å². The van der Waals surface area contributed by atoms with Crippen molar-refractivity contribution in [2.75, 3.05) is 25.4 Å². The van der Waals surface area contributed by atoms with Crippen molar-refractivity contribution in [2.24, 2.45) is 0 Å². The Morgan fingerprint density at radius 1 is 1.26 bits per heavy atom. The summed E-state index contributed by atoms with van der Waals surface area (Å²) < 4.78 is 5.76. The second-order valence-electron chi connectivity index (χ2n) is 9.46. The van der Waals surface area contributed by atoms with Gasteiger partial charge in [0, 0.05) is 11.8 Å². The molecule has 1 aromatic heterocycles. The number of benzene rings is 2. The first-order valence-corrected chi connectivity index (χ1v) is 13.0. The number of anilines is 1. The van der Waals surface area contributed by atoms with E-state index in [1.165, 1.54) is 29.5 Å². The van der Waals surface area contributed by atoms with Crippen LogP contribution in [-0.4, -0.2) is 41.5 Å². The smallest absolute Gasteiger partial charge is 0.234 e. The van der Waals surface area contributed by atoms with Crippen molar-refractivity contribution in [2.45, 2.75) is 51.7 Å². The summed E-state index contributed by atoms with van der Waals surface area (Å²) in [6.45, 7) is 6.55. The molecule has 0 radical (unpaired) electrons. The highest BCUT2D eigenvalue weighted by Gasteiger charge is 2.27. The lowest BCUT2D eigenvalue weighted by atomic mass is 10.0. The zero-order valence-corrected chi connectivity index (χ0v) is 20.7. The number of nitrogens with zero attached hydrogens (tertiary/aromatic N) is 2. The lowest BCUT2D eigenvalue weighted by Gasteiger charge is -2.18. The van der Waals surface area contributed by atoms with Crippen molar-refractivity contribution in [3.63, 3.8) is 0 Å². The second-order valence-corrected chi connectivity index (χ2v) is 10.5. The molecule has 3 aromatic rings. The third kappa shape index (κ3) is 4.81. The number of thiazole rings is 1. The number of ether oxygens (including phenoxy) is 1. The van der Waals surface area contributed by atoms with Crippen LogP contribution in [0.15, 0.2) is 42.6 Å². The Bertz CT molecular complexity index is 1180. The van der Waals surface area contributed by atoms with Crippen LogP contribution in [0.25, 0.3) is 21.0 Å². The average molecular weight is 477 g/mol. The number of carbonyl (C=O) groups excluding carboxylic acids is 1. The van der Waals surface area contributed by atoms with Gasteiger partial charge in [0.15, 0.2) is 0 Å². The molecular formula is C27H32N4O2S. The number of nitrogens with one attached hydrogen (secondary N) is 1. The van der Waals surface area contributed by atoms with Gasteiger partial charge < -0.3 is 15.8 Å². The maximum Gasteiger partial charge on any atom is 0.234 e. The maximum atomic E-state index is 12.6. The van der Waals surface area contributed by atoms with E-state index in [0.29, 0.717) is 18.0 Å². The molecule has 0 spiro atoms. The van der Waals surface area contributed by atoms with E-state index in [-0.39, 0.29) is 18.1 Å². The van der Waals surface area contributed by atoms with E-state index in [2.05, 4.69) is 28.4 Å². The van der Waals surface area contributed by atoms with Gasteiger partial charge in [0.25, 0.3) is 0 Å².